The van der Waals surface area contributed by atoms with Crippen LogP contribution < -0.4 is 4.74 Å². The summed E-state index contributed by atoms with van der Waals surface area (Å²) < 4.78 is 10.9. The summed E-state index contributed by atoms with van der Waals surface area (Å²) in [4.78, 5) is 28.0. The van der Waals surface area contributed by atoms with E-state index in [0.29, 0.717) is 17.0 Å². The van der Waals surface area contributed by atoms with Crippen LogP contribution in [0.15, 0.2) is 60.8 Å². The normalized spacial score (nSPS) is 11.0. The molecule has 0 amide bonds. The topological polar surface area (TPSA) is 97.1 Å². The summed E-state index contributed by atoms with van der Waals surface area (Å²) in [5.41, 5.74) is 2.95. The molecule has 0 atom stereocenters. The van der Waals surface area contributed by atoms with E-state index < -0.39 is 5.97 Å². The number of aromatic amines is 2. The van der Waals surface area contributed by atoms with E-state index in [1.165, 1.54) is 0 Å². The number of fused-ring (bicyclic) bond motifs is 1. The van der Waals surface area contributed by atoms with Crippen molar-refractivity contribution in [2.45, 2.75) is 20.0 Å². The molecule has 0 saturated heterocycles. The van der Waals surface area contributed by atoms with Gasteiger partial charge in [-0.05, 0) is 38.1 Å². The third kappa shape index (κ3) is 4.10. The van der Waals surface area contributed by atoms with Gasteiger partial charge in [-0.15, -0.1) is 0 Å². The Balaban J connectivity index is 1.44. The number of H-pyrrole nitrogens is 2. The van der Waals surface area contributed by atoms with Gasteiger partial charge in [-0.2, -0.15) is 5.10 Å². The molecule has 0 bridgehead atoms. The molecule has 4 aromatic rings. The number of carbonyl (C=O) groups is 2. The molecule has 0 fully saturated rings. The smallest absolute Gasteiger partial charge is 0.356 e. The zero-order valence-electron chi connectivity index (χ0n) is 16.6. The molecule has 4 rings (SSSR count). The number of benzene rings is 2. The van der Waals surface area contributed by atoms with Gasteiger partial charge in [0, 0.05) is 28.2 Å². The molecular formula is C23H21N3O4. The van der Waals surface area contributed by atoms with Crippen molar-refractivity contribution in [2.24, 2.45) is 0 Å². The van der Waals surface area contributed by atoms with Crippen molar-refractivity contribution >= 4 is 22.7 Å². The number of hydrogen-bond acceptors (Lipinski definition) is 5. The molecule has 7 heteroatoms. The number of nitrogens with zero attached hydrogens (tertiary/aromatic N) is 1. The lowest BCUT2D eigenvalue weighted by Crippen LogP contribution is -2.14. The number of ether oxygens (including phenoxy) is 2. The molecule has 0 aliphatic carbocycles. The van der Waals surface area contributed by atoms with Crippen LogP contribution in [0.4, 0.5) is 0 Å². The van der Waals surface area contributed by atoms with Gasteiger partial charge in [0.15, 0.2) is 6.61 Å². The lowest BCUT2D eigenvalue weighted by Gasteiger charge is -2.09. The Morgan fingerprint density at radius 3 is 2.63 bits per heavy atom. The third-order valence-electron chi connectivity index (χ3n) is 4.53. The fourth-order valence-electron chi connectivity index (χ4n) is 3.15. The zero-order valence-corrected chi connectivity index (χ0v) is 16.6. The highest BCUT2D eigenvalue weighted by molar-refractivity contribution is 6.09. The quantitative estimate of drug-likeness (QED) is 0.352. The first kappa shape index (κ1) is 19.4. The van der Waals surface area contributed by atoms with Crippen LogP contribution >= 0.6 is 0 Å². The molecule has 0 aliphatic heterocycles. The van der Waals surface area contributed by atoms with Crippen LogP contribution in [-0.4, -0.2) is 39.6 Å². The van der Waals surface area contributed by atoms with Crippen molar-refractivity contribution in [1.29, 1.82) is 0 Å². The van der Waals surface area contributed by atoms with Gasteiger partial charge in [0.1, 0.15) is 11.4 Å². The van der Waals surface area contributed by atoms with Crippen LogP contribution in [0.1, 0.15) is 34.7 Å². The molecular weight excluding hydrogens is 382 g/mol. The number of carbonyl (C=O) groups excluding carboxylic acids is 2. The van der Waals surface area contributed by atoms with Crippen molar-refractivity contribution in [3.63, 3.8) is 0 Å². The van der Waals surface area contributed by atoms with Crippen LogP contribution in [0, 0.1) is 0 Å². The highest BCUT2D eigenvalue weighted by Gasteiger charge is 2.18. The van der Waals surface area contributed by atoms with Gasteiger partial charge in [0.05, 0.1) is 11.8 Å². The number of esters is 1. The highest BCUT2D eigenvalue weighted by Crippen LogP contribution is 2.25. The summed E-state index contributed by atoms with van der Waals surface area (Å²) in [5, 5.41) is 7.51. The van der Waals surface area contributed by atoms with Crippen molar-refractivity contribution < 1.29 is 19.1 Å². The van der Waals surface area contributed by atoms with Crippen LogP contribution in [0.2, 0.25) is 0 Å². The van der Waals surface area contributed by atoms with Crippen LogP contribution in [-0.2, 0) is 4.74 Å². The summed E-state index contributed by atoms with van der Waals surface area (Å²) >= 11 is 0. The van der Waals surface area contributed by atoms with E-state index in [1.807, 2.05) is 62.4 Å². The predicted molar refractivity (Wildman–Crippen MR) is 113 cm³/mol. The maximum atomic E-state index is 12.7. The summed E-state index contributed by atoms with van der Waals surface area (Å²) in [6, 6.07) is 16.6. The fourth-order valence-corrected chi connectivity index (χ4v) is 3.15. The van der Waals surface area contributed by atoms with Crippen LogP contribution in [0.5, 0.6) is 5.75 Å². The van der Waals surface area contributed by atoms with Gasteiger partial charge >= 0.3 is 5.97 Å². The molecule has 30 heavy (non-hydrogen) atoms. The van der Waals surface area contributed by atoms with E-state index in [2.05, 4.69) is 15.2 Å². The van der Waals surface area contributed by atoms with Gasteiger partial charge in [0.25, 0.3) is 0 Å². The Morgan fingerprint density at radius 1 is 1.07 bits per heavy atom. The second kappa shape index (κ2) is 8.24. The molecule has 2 aromatic carbocycles. The van der Waals surface area contributed by atoms with Gasteiger partial charge < -0.3 is 14.5 Å². The minimum absolute atomic E-state index is 0.0247. The number of rotatable bonds is 7. The second-order valence-corrected chi connectivity index (χ2v) is 7.11. The molecule has 152 valence electrons. The van der Waals surface area contributed by atoms with Gasteiger partial charge in [-0.3, -0.25) is 9.89 Å². The Bertz CT molecular complexity index is 1190. The first-order valence-electron chi connectivity index (χ1n) is 9.60. The minimum Gasteiger partial charge on any atom is -0.491 e. The molecule has 0 aliphatic rings. The zero-order chi connectivity index (χ0) is 21.1. The van der Waals surface area contributed by atoms with E-state index in [4.69, 9.17) is 9.47 Å². The molecule has 0 unspecified atom stereocenters. The molecule has 2 heterocycles. The summed E-state index contributed by atoms with van der Waals surface area (Å²) in [5.74, 6) is -0.269. The van der Waals surface area contributed by atoms with Gasteiger partial charge in [-0.1, -0.05) is 30.3 Å². The largest absolute Gasteiger partial charge is 0.491 e. The SMILES string of the molecule is CC(C)Oc1ccc2[nH]cc(C(=O)COC(=O)c3cc(-c4ccccc4)n[nH]3)c2c1. The second-order valence-electron chi connectivity index (χ2n) is 7.11. The molecule has 0 radical (unpaired) electrons. The van der Waals surface area contributed by atoms with E-state index in [0.717, 1.165) is 16.5 Å². The van der Waals surface area contributed by atoms with Crippen LogP contribution in [0.25, 0.3) is 22.2 Å². The third-order valence-corrected chi connectivity index (χ3v) is 4.53. The Hall–Kier alpha value is -3.87. The minimum atomic E-state index is -0.637. The number of hydrogen-bond donors (Lipinski definition) is 2. The molecule has 0 saturated carbocycles. The number of aromatic nitrogens is 3. The van der Waals surface area contributed by atoms with Crippen molar-refractivity contribution in [1.82, 2.24) is 15.2 Å². The van der Waals surface area contributed by atoms with Crippen molar-refractivity contribution in [3.05, 3.63) is 72.1 Å². The number of nitrogens with one attached hydrogen (secondary N) is 2. The molecule has 7 nitrogen and oxygen atoms in total. The maximum absolute atomic E-state index is 12.7. The summed E-state index contributed by atoms with van der Waals surface area (Å²) in [6.07, 6.45) is 1.64. The van der Waals surface area contributed by atoms with E-state index in [9.17, 15) is 9.59 Å². The van der Waals surface area contributed by atoms with Crippen molar-refractivity contribution in [2.75, 3.05) is 6.61 Å². The Labute approximate surface area is 173 Å². The van der Waals surface area contributed by atoms with E-state index in [1.54, 1.807) is 12.3 Å². The molecule has 0 spiro atoms. The predicted octanol–water partition coefficient (Wildman–Crippen LogP) is 4.38. The average molecular weight is 403 g/mol. The fraction of sp³-hybridized carbons (Fsp3) is 0.174. The molecule has 2 N–H and O–H groups in total. The standard InChI is InChI=1S/C23H21N3O4/c1-14(2)30-16-8-9-19-17(10-16)18(12-24-19)22(27)13-29-23(28)21-11-20(25-26-21)15-6-4-3-5-7-15/h3-12,14,24H,13H2,1-2H3,(H,25,26). The lowest BCUT2D eigenvalue weighted by molar-refractivity contribution is 0.0469. The Morgan fingerprint density at radius 2 is 1.87 bits per heavy atom. The Kier molecular flexibility index (Phi) is 5.34. The van der Waals surface area contributed by atoms with E-state index >= 15 is 0 Å². The van der Waals surface area contributed by atoms with Crippen molar-refractivity contribution in [3.8, 4) is 17.0 Å². The lowest BCUT2D eigenvalue weighted by atomic mass is 10.1. The van der Waals surface area contributed by atoms with E-state index in [-0.39, 0.29) is 24.2 Å². The van der Waals surface area contributed by atoms with Gasteiger partial charge in [0.2, 0.25) is 5.78 Å². The monoisotopic (exact) mass is 403 g/mol. The molecule has 2 aromatic heterocycles. The first-order valence-corrected chi connectivity index (χ1v) is 9.60. The summed E-state index contributed by atoms with van der Waals surface area (Å²) in [6.45, 7) is 3.50. The summed E-state index contributed by atoms with van der Waals surface area (Å²) in [7, 11) is 0. The number of Topliss-reactive ketones (excluding diaryl/α,β-unsaturated/α-hetero) is 1. The highest BCUT2D eigenvalue weighted by atomic mass is 16.5. The van der Waals surface area contributed by atoms with Gasteiger partial charge in [-0.25, -0.2) is 4.79 Å². The maximum Gasteiger partial charge on any atom is 0.356 e. The average Bonchev–Trinajstić information content (AvgIpc) is 3.39. The van der Waals surface area contributed by atoms with Crippen LogP contribution in [0.3, 0.4) is 0 Å². The number of ketones is 1. The first-order chi connectivity index (χ1) is 14.5.